The van der Waals surface area contributed by atoms with E-state index in [0.29, 0.717) is 5.75 Å². The topological polar surface area (TPSA) is 184 Å². The van der Waals surface area contributed by atoms with Crippen LogP contribution in [0.15, 0.2) is 151 Å². The van der Waals surface area contributed by atoms with Gasteiger partial charge >= 0.3 is 11.9 Å². The summed E-state index contributed by atoms with van der Waals surface area (Å²) in [4.78, 5) is 30.8. The van der Waals surface area contributed by atoms with E-state index in [1.807, 2.05) is 115 Å². The molecule has 0 amide bonds. The minimum Gasteiger partial charge on any atom is -0.497 e. The molecular formula is C50H53N3O13. The van der Waals surface area contributed by atoms with Crippen molar-refractivity contribution in [3.05, 3.63) is 184 Å². The quantitative estimate of drug-likeness (QED) is 0.0305. The number of azide groups is 1. The van der Waals surface area contributed by atoms with E-state index in [1.165, 1.54) is 14.2 Å². The lowest BCUT2D eigenvalue weighted by molar-refractivity contribution is -0.346. The number of hydrogen-bond donors (Lipinski definition) is 0. The highest BCUT2D eigenvalue weighted by Crippen LogP contribution is 2.37. The standard InChI is InChI=1S/C50H53N3O13/c1-56-38-26-24-36(25-27-38)31-60-41-39(32-59-28-33-16-8-4-9-17-33)63-49(40(52-53-51)42(41)61-29-34-18-10-5-11-19-34)65-44-43(62-30-35-20-12-6-13-21-35)46(50(58-3)66-45(44)48(55)57-2)64-47(54)37-22-14-7-15-23-37/h4-27,39-46,49-50H,28-32H2,1-3H3/t39?,40?,41-,42+,43?,44-,45+,46?,49-,50-/m0/s1. The average molecular weight is 904 g/mol. The summed E-state index contributed by atoms with van der Waals surface area (Å²) in [6.45, 7) is 0.379. The van der Waals surface area contributed by atoms with Gasteiger partial charge in [0, 0.05) is 12.0 Å². The van der Waals surface area contributed by atoms with Crippen molar-refractivity contribution in [1.82, 2.24) is 0 Å². The lowest BCUT2D eigenvalue weighted by atomic mass is 9.94. The van der Waals surface area contributed by atoms with Crippen molar-refractivity contribution in [3.63, 3.8) is 0 Å². The number of ether oxygens (including phenoxy) is 11. The normalized spacial score (nSPS) is 25.0. The van der Waals surface area contributed by atoms with E-state index in [2.05, 4.69) is 10.0 Å². The zero-order chi connectivity index (χ0) is 46.1. The smallest absolute Gasteiger partial charge is 0.338 e. The van der Waals surface area contributed by atoms with E-state index >= 15 is 0 Å². The fourth-order valence-corrected chi connectivity index (χ4v) is 7.72. The first kappa shape index (κ1) is 47.8. The maximum absolute atomic E-state index is 13.8. The summed E-state index contributed by atoms with van der Waals surface area (Å²) < 4.78 is 68.6. The molecule has 5 aromatic rings. The Hall–Kier alpha value is -6.17. The molecule has 16 heteroatoms. The third kappa shape index (κ3) is 12.6. The first-order valence-corrected chi connectivity index (χ1v) is 21.4. The third-order valence-electron chi connectivity index (χ3n) is 11.1. The Morgan fingerprint density at radius 1 is 0.591 bits per heavy atom. The van der Waals surface area contributed by atoms with Gasteiger partial charge in [0.25, 0.3) is 0 Å². The highest BCUT2D eigenvalue weighted by molar-refractivity contribution is 5.89. The van der Waals surface area contributed by atoms with Gasteiger partial charge in [-0.15, -0.1) is 0 Å². The Morgan fingerprint density at radius 2 is 1.12 bits per heavy atom. The van der Waals surface area contributed by atoms with Gasteiger partial charge in [-0.2, -0.15) is 0 Å². The minimum absolute atomic E-state index is 0.0135. The molecule has 16 nitrogen and oxygen atoms in total. The molecule has 2 aliphatic heterocycles. The van der Waals surface area contributed by atoms with E-state index in [0.717, 1.165) is 22.3 Å². The van der Waals surface area contributed by atoms with Crippen LogP contribution in [0.25, 0.3) is 10.4 Å². The molecule has 10 atom stereocenters. The number of nitrogens with zero attached hydrogens (tertiary/aromatic N) is 3. The second-order valence-electron chi connectivity index (χ2n) is 15.4. The summed E-state index contributed by atoms with van der Waals surface area (Å²) in [5.74, 6) is -0.881. The molecular weight excluding hydrogens is 851 g/mol. The second-order valence-corrected chi connectivity index (χ2v) is 15.4. The predicted molar refractivity (Wildman–Crippen MR) is 238 cm³/mol. The molecule has 2 saturated heterocycles. The van der Waals surface area contributed by atoms with Crippen LogP contribution in [0.3, 0.4) is 0 Å². The summed E-state index contributed by atoms with van der Waals surface area (Å²) in [6.07, 6.45) is -11.3. The number of esters is 2. The predicted octanol–water partition coefficient (Wildman–Crippen LogP) is 7.53. The Labute approximate surface area is 383 Å². The minimum atomic E-state index is -1.54. The molecule has 7 rings (SSSR count). The SMILES string of the molecule is COC(=O)[C@@H]1O[C@H](OC)C(OC(=O)c2ccccc2)C(OCc2ccccc2)[C@@H]1O[C@@H]1OC(COCc2ccccc2)[C@H](OCc2ccc(OC)cc2)[C@H](OCc2ccccc2)C1N=[N+]=[N-]. The molecule has 2 heterocycles. The first-order valence-electron chi connectivity index (χ1n) is 21.4. The van der Waals surface area contributed by atoms with Crippen LogP contribution in [0.4, 0.5) is 0 Å². The van der Waals surface area contributed by atoms with Gasteiger partial charge in [-0.25, -0.2) is 9.59 Å². The van der Waals surface area contributed by atoms with Crippen molar-refractivity contribution in [2.24, 2.45) is 5.11 Å². The van der Waals surface area contributed by atoms with E-state index in [-0.39, 0.29) is 38.6 Å². The van der Waals surface area contributed by atoms with Crippen LogP contribution < -0.4 is 4.74 Å². The van der Waals surface area contributed by atoms with Gasteiger partial charge in [-0.05, 0) is 52.1 Å². The molecule has 0 bridgehead atoms. The average Bonchev–Trinajstić information content (AvgIpc) is 3.37. The lowest BCUT2D eigenvalue weighted by Crippen LogP contribution is -2.66. The third-order valence-corrected chi connectivity index (χ3v) is 11.1. The molecule has 0 aliphatic carbocycles. The van der Waals surface area contributed by atoms with Crippen molar-refractivity contribution < 1.29 is 61.7 Å². The molecule has 0 N–H and O–H groups in total. The zero-order valence-electron chi connectivity index (χ0n) is 36.8. The van der Waals surface area contributed by atoms with Gasteiger partial charge in [0.1, 0.15) is 42.3 Å². The maximum atomic E-state index is 13.8. The van der Waals surface area contributed by atoms with Crippen LogP contribution in [-0.2, 0) is 78.6 Å². The summed E-state index contributed by atoms with van der Waals surface area (Å²) in [7, 11) is 4.14. The van der Waals surface area contributed by atoms with Crippen LogP contribution in [0, 0.1) is 0 Å². The number of carbonyl (C=O) groups is 2. The Balaban J connectivity index is 1.28. The van der Waals surface area contributed by atoms with E-state index in [4.69, 9.17) is 52.1 Å². The first-order chi connectivity index (χ1) is 32.4. The molecule has 2 fully saturated rings. The van der Waals surface area contributed by atoms with Crippen molar-refractivity contribution in [2.45, 2.75) is 87.8 Å². The van der Waals surface area contributed by atoms with Crippen molar-refractivity contribution in [3.8, 4) is 5.75 Å². The van der Waals surface area contributed by atoms with Crippen LogP contribution in [0.1, 0.15) is 32.6 Å². The van der Waals surface area contributed by atoms with Gasteiger partial charge in [0.15, 0.2) is 24.8 Å². The van der Waals surface area contributed by atoms with Crippen molar-refractivity contribution in [2.75, 3.05) is 27.9 Å². The summed E-state index contributed by atoms with van der Waals surface area (Å²) in [5, 5.41) is 4.22. The molecule has 0 saturated carbocycles. The van der Waals surface area contributed by atoms with E-state index < -0.39 is 73.3 Å². The fraction of sp³-hybridized carbons (Fsp3) is 0.360. The van der Waals surface area contributed by atoms with Crippen molar-refractivity contribution >= 4 is 11.9 Å². The summed E-state index contributed by atoms with van der Waals surface area (Å²) in [5.41, 5.74) is 13.8. The number of carbonyl (C=O) groups excluding carboxylic acids is 2. The van der Waals surface area contributed by atoms with Crippen LogP contribution in [0.5, 0.6) is 5.75 Å². The molecule has 4 unspecified atom stereocenters. The van der Waals surface area contributed by atoms with Crippen LogP contribution in [-0.4, -0.2) is 101 Å². The number of hydrogen-bond acceptors (Lipinski definition) is 14. The highest BCUT2D eigenvalue weighted by Gasteiger charge is 2.56. The van der Waals surface area contributed by atoms with E-state index in [9.17, 15) is 15.1 Å². The fourth-order valence-electron chi connectivity index (χ4n) is 7.72. The Morgan fingerprint density at radius 3 is 1.67 bits per heavy atom. The second kappa shape index (κ2) is 24.4. The molecule has 0 spiro atoms. The van der Waals surface area contributed by atoms with Gasteiger partial charge in [0.05, 0.1) is 52.8 Å². The van der Waals surface area contributed by atoms with Crippen molar-refractivity contribution in [1.29, 1.82) is 0 Å². The lowest BCUT2D eigenvalue weighted by Gasteiger charge is -2.48. The number of rotatable bonds is 21. The summed E-state index contributed by atoms with van der Waals surface area (Å²) >= 11 is 0. The Kier molecular flexibility index (Phi) is 17.7. The van der Waals surface area contributed by atoms with Gasteiger partial charge in [-0.3, -0.25) is 0 Å². The summed E-state index contributed by atoms with van der Waals surface area (Å²) in [6, 6.07) is 42.9. The molecule has 2 aliphatic rings. The monoisotopic (exact) mass is 903 g/mol. The van der Waals surface area contributed by atoms with E-state index in [1.54, 1.807) is 37.4 Å². The number of methoxy groups -OCH3 is 3. The van der Waals surface area contributed by atoms with Gasteiger partial charge in [0.2, 0.25) is 0 Å². The van der Waals surface area contributed by atoms with Gasteiger partial charge in [-0.1, -0.05) is 126 Å². The highest BCUT2D eigenvalue weighted by atomic mass is 16.8. The van der Waals surface area contributed by atoms with Crippen LogP contribution >= 0.6 is 0 Å². The largest absolute Gasteiger partial charge is 0.497 e. The maximum Gasteiger partial charge on any atom is 0.338 e. The van der Waals surface area contributed by atoms with Crippen LogP contribution in [0.2, 0.25) is 0 Å². The molecule has 66 heavy (non-hydrogen) atoms. The number of benzene rings is 5. The zero-order valence-corrected chi connectivity index (χ0v) is 36.8. The molecule has 0 aromatic heterocycles. The molecule has 5 aromatic carbocycles. The van der Waals surface area contributed by atoms with Gasteiger partial charge < -0.3 is 52.1 Å². The molecule has 346 valence electrons. The molecule has 0 radical (unpaired) electrons. The Bertz CT molecular complexity index is 2290.